The van der Waals surface area contributed by atoms with E-state index in [2.05, 4.69) is 9.71 Å². The second kappa shape index (κ2) is 8.74. The van der Waals surface area contributed by atoms with Gasteiger partial charge in [-0.25, -0.2) is 22.9 Å². The Morgan fingerprint density at radius 2 is 2.11 bits per heavy atom. The zero-order valence-corrected chi connectivity index (χ0v) is 16.8. The topological polar surface area (TPSA) is 102 Å². The second-order valence-electron chi connectivity index (χ2n) is 6.81. The third-order valence-electron chi connectivity index (χ3n) is 4.64. The first-order valence-electron chi connectivity index (χ1n) is 9.28. The predicted octanol–water partition coefficient (Wildman–Crippen LogP) is 2.42. The number of carbonyl (C=O) groups excluding carboxylic acids is 1. The van der Waals surface area contributed by atoms with E-state index in [1.54, 1.807) is 18.1 Å². The van der Waals surface area contributed by atoms with Gasteiger partial charge < -0.3 is 14.1 Å². The molecule has 28 heavy (non-hydrogen) atoms. The Labute approximate surface area is 164 Å². The number of likely N-dealkylation sites (tertiary alicyclic amines) is 1. The molecule has 1 fully saturated rings. The summed E-state index contributed by atoms with van der Waals surface area (Å²) in [6.45, 7) is 2.51. The van der Waals surface area contributed by atoms with E-state index in [0.29, 0.717) is 37.4 Å². The van der Waals surface area contributed by atoms with Crippen LogP contribution in [0.25, 0.3) is 11.5 Å². The molecule has 2 atom stereocenters. The maximum Gasteiger partial charge on any atom is 0.410 e. The monoisotopic (exact) mass is 407 g/mol. The van der Waals surface area contributed by atoms with Crippen LogP contribution in [0.4, 0.5) is 4.79 Å². The molecule has 152 valence electrons. The summed E-state index contributed by atoms with van der Waals surface area (Å²) in [7, 11) is -3.42. The highest BCUT2D eigenvalue weighted by molar-refractivity contribution is 7.88. The number of carbonyl (C=O) groups is 1. The van der Waals surface area contributed by atoms with E-state index >= 15 is 0 Å². The lowest BCUT2D eigenvalue weighted by Gasteiger charge is -2.40. The molecule has 1 amide bonds. The Morgan fingerprint density at radius 1 is 1.36 bits per heavy atom. The van der Waals surface area contributed by atoms with E-state index in [1.807, 2.05) is 30.3 Å². The molecular formula is C19H25N3O5S. The third kappa shape index (κ3) is 5.11. The minimum absolute atomic E-state index is 0.258. The smallest absolute Gasteiger partial charge is 0.410 e. The number of oxazole rings is 1. The number of ether oxygens (including phenoxy) is 1. The lowest BCUT2D eigenvalue weighted by Crippen LogP contribution is -2.57. The zero-order chi connectivity index (χ0) is 20.1. The maximum atomic E-state index is 12.4. The van der Waals surface area contributed by atoms with Crippen molar-refractivity contribution in [3.63, 3.8) is 0 Å². The van der Waals surface area contributed by atoms with Crippen LogP contribution in [0.5, 0.6) is 0 Å². The third-order valence-corrected chi connectivity index (χ3v) is 5.37. The normalized spacial score (nSPS) is 20.1. The number of rotatable bonds is 6. The lowest BCUT2D eigenvalue weighted by atomic mass is 9.94. The summed E-state index contributed by atoms with van der Waals surface area (Å²) in [4.78, 5) is 18.5. The number of hydrogen-bond donors (Lipinski definition) is 1. The molecule has 9 heteroatoms. The number of piperidine rings is 1. The van der Waals surface area contributed by atoms with Crippen molar-refractivity contribution in [2.75, 3.05) is 19.4 Å². The van der Waals surface area contributed by atoms with Gasteiger partial charge in [0, 0.05) is 24.6 Å². The molecular weight excluding hydrogens is 382 g/mol. The van der Waals surface area contributed by atoms with E-state index in [4.69, 9.17) is 9.15 Å². The molecule has 0 radical (unpaired) electrons. The van der Waals surface area contributed by atoms with Crippen molar-refractivity contribution >= 4 is 16.1 Å². The van der Waals surface area contributed by atoms with Gasteiger partial charge in [-0.2, -0.15) is 0 Å². The molecule has 2 aromatic rings. The Kier molecular flexibility index (Phi) is 6.35. The first kappa shape index (κ1) is 20.3. The molecule has 0 bridgehead atoms. The predicted molar refractivity (Wildman–Crippen MR) is 104 cm³/mol. The molecule has 2 heterocycles. The van der Waals surface area contributed by atoms with Crippen molar-refractivity contribution in [2.45, 2.75) is 38.3 Å². The molecule has 1 aromatic carbocycles. The fourth-order valence-electron chi connectivity index (χ4n) is 3.48. The summed E-state index contributed by atoms with van der Waals surface area (Å²) < 4.78 is 37.0. The van der Waals surface area contributed by atoms with Gasteiger partial charge in [0.05, 0.1) is 24.6 Å². The second-order valence-corrected chi connectivity index (χ2v) is 8.59. The number of benzene rings is 1. The van der Waals surface area contributed by atoms with Gasteiger partial charge in [0.1, 0.15) is 6.26 Å². The quantitative estimate of drug-likeness (QED) is 0.789. The largest absolute Gasteiger partial charge is 0.450 e. The summed E-state index contributed by atoms with van der Waals surface area (Å²) in [5.74, 6) is 0.488. The van der Waals surface area contributed by atoms with Crippen LogP contribution in [0, 0.1) is 0 Å². The number of sulfonamides is 1. The van der Waals surface area contributed by atoms with Crippen molar-refractivity contribution in [1.82, 2.24) is 14.6 Å². The van der Waals surface area contributed by atoms with Crippen molar-refractivity contribution in [3.05, 3.63) is 42.3 Å². The molecule has 0 aliphatic carbocycles. The van der Waals surface area contributed by atoms with Crippen molar-refractivity contribution in [2.24, 2.45) is 0 Å². The van der Waals surface area contributed by atoms with Crippen LogP contribution < -0.4 is 4.72 Å². The molecule has 1 aliphatic heterocycles. The van der Waals surface area contributed by atoms with Crippen LogP contribution in [-0.4, -0.2) is 55.9 Å². The van der Waals surface area contributed by atoms with Gasteiger partial charge in [-0.05, 0) is 31.9 Å². The maximum absolute atomic E-state index is 12.4. The molecule has 1 N–H and O–H groups in total. The van der Waals surface area contributed by atoms with Crippen LogP contribution in [0.2, 0.25) is 0 Å². The molecule has 1 aliphatic rings. The molecule has 0 spiro atoms. The van der Waals surface area contributed by atoms with Gasteiger partial charge in [0.25, 0.3) is 0 Å². The summed E-state index contributed by atoms with van der Waals surface area (Å²) in [5.41, 5.74) is 1.51. The van der Waals surface area contributed by atoms with Crippen molar-refractivity contribution < 1.29 is 22.4 Å². The van der Waals surface area contributed by atoms with Gasteiger partial charge in [0.2, 0.25) is 15.9 Å². The highest BCUT2D eigenvalue weighted by Gasteiger charge is 2.37. The Bertz CT molecular complexity index is 897. The minimum atomic E-state index is -3.42. The summed E-state index contributed by atoms with van der Waals surface area (Å²) in [6, 6.07) is 8.68. The van der Waals surface area contributed by atoms with E-state index < -0.39 is 28.2 Å². The fraction of sp³-hybridized carbons (Fsp3) is 0.474. The van der Waals surface area contributed by atoms with Crippen LogP contribution in [-0.2, 0) is 21.2 Å². The van der Waals surface area contributed by atoms with Gasteiger partial charge in [0.15, 0.2) is 0 Å². The number of hydrogen-bond acceptors (Lipinski definition) is 6. The number of aromatic nitrogens is 1. The minimum Gasteiger partial charge on any atom is -0.450 e. The van der Waals surface area contributed by atoms with Crippen molar-refractivity contribution in [3.8, 4) is 11.5 Å². The van der Waals surface area contributed by atoms with E-state index in [-0.39, 0.29) is 6.61 Å². The molecule has 1 saturated heterocycles. The van der Waals surface area contributed by atoms with Crippen LogP contribution in [0.1, 0.15) is 25.5 Å². The molecule has 1 aromatic heterocycles. The van der Waals surface area contributed by atoms with Crippen LogP contribution in [0.3, 0.4) is 0 Å². The fourth-order valence-corrected chi connectivity index (χ4v) is 4.31. The summed E-state index contributed by atoms with van der Waals surface area (Å²) >= 11 is 0. The number of nitrogens with zero attached hydrogens (tertiary/aromatic N) is 2. The summed E-state index contributed by atoms with van der Waals surface area (Å²) in [6.07, 6.45) is 3.92. The first-order valence-corrected chi connectivity index (χ1v) is 11.2. The average Bonchev–Trinajstić information content (AvgIpc) is 3.11. The molecule has 0 unspecified atom stereocenters. The number of amides is 1. The highest BCUT2D eigenvalue weighted by atomic mass is 32.2. The van der Waals surface area contributed by atoms with Gasteiger partial charge in [-0.3, -0.25) is 0 Å². The molecule has 3 rings (SSSR count). The number of nitrogens with one attached hydrogen (secondary N) is 1. The van der Waals surface area contributed by atoms with E-state index in [9.17, 15) is 13.2 Å². The van der Waals surface area contributed by atoms with Gasteiger partial charge in [-0.1, -0.05) is 18.2 Å². The lowest BCUT2D eigenvalue weighted by molar-refractivity contribution is 0.0675. The standard InChI is InChI=1S/C19H25N3O5S/c1-3-26-19(23)22-11-7-10-16(21-28(2,24)25)17(22)12-15-13-27-18(20-15)14-8-5-4-6-9-14/h4-6,8-9,13,16-17,21H,3,7,10-12H2,1-2H3/t16-,17-/m1/s1. The average molecular weight is 407 g/mol. The Morgan fingerprint density at radius 3 is 2.79 bits per heavy atom. The van der Waals surface area contributed by atoms with E-state index in [0.717, 1.165) is 11.8 Å². The van der Waals surface area contributed by atoms with Crippen LogP contribution in [0.15, 0.2) is 41.0 Å². The first-order chi connectivity index (χ1) is 13.4. The summed E-state index contributed by atoms with van der Waals surface area (Å²) in [5, 5.41) is 0. The molecule has 0 saturated carbocycles. The van der Waals surface area contributed by atoms with Crippen molar-refractivity contribution in [1.29, 1.82) is 0 Å². The zero-order valence-electron chi connectivity index (χ0n) is 16.0. The molecule has 8 nitrogen and oxygen atoms in total. The Hall–Kier alpha value is -2.39. The SMILES string of the molecule is CCOC(=O)N1CCC[C@@H](NS(C)(=O)=O)[C@H]1Cc1coc(-c2ccccc2)n1. The Balaban J connectivity index is 1.84. The van der Waals surface area contributed by atoms with Crippen LogP contribution >= 0.6 is 0 Å². The van der Waals surface area contributed by atoms with E-state index in [1.165, 1.54) is 0 Å². The van der Waals surface area contributed by atoms with Gasteiger partial charge >= 0.3 is 6.09 Å². The van der Waals surface area contributed by atoms with Gasteiger partial charge in [-0.15, -0.1) is 0 Å². The highest BCUT2D eigenvalue weighted by Crippen LogP contribution is 2.25.